The van der Waals surface area contributed by atoms with E-state index in [2.05, 4.69) is 37.6 Å². The Morgan fingerprint density at radius 2 is 2.10 bits per heavy atom. The molecule has 0 saturated heterocycles. The molecule has 11 heteroatoms. The number of rotatable bonds is 9. The molecule has 1 aliphatic carbocycles. The maximum absolute atomic E-state index is 13.8. The molecule has 1 aliphatic heterocycles. The molecule has 4 N–H and O–H groups in total. The topological polar surface area (TPSA) is 106 Å². The summed E-state index contributed by atoms with van der Waals surface area (Å²) in [4.78, 5) is 8.80. The van der Waals surface area contributed by atoms with Crippen molar-refractivity contribution in [1.29, 1.82) is 5.26 Å². The first-order valence-electron chi connectivity index (χ1n) is 13.1. The quantitative estimate of drug-likeness (QED) is 0.239. The molecule has 198 valence electrons. The second-order valence-electron chi connectivity index (χ2n) is 9.57. The molecular weight excluding hydrogens is 517 g/mol. The monoisotopic (exact) mass is 544 g/mol. The lowest BCUT2D eigenvalue weighted by molar-refractivity contribution is 0.260. The SMILES string of the molecule is [2H]C(Nc1cc(Cl)c2ncc(C#N)c(NCCc3nccn3C)c2c1)(C1=CN(C2CC2)NN1)c1ccc(F)cc1. The van der Waals surface area contributed by atoms with E-state index in [0.717, 1.165) is 18.7 Å². The van der Waals surface area contributed by atoms with Crippen LogP contribution in [0.5, 0.6) is 0 Å². The normalized spacial score (nSPS) is 16.7. The van der Waals surface area contributed by atoms with Crippen LogP contribution in [0.4, 0.5) is 15.8 Å². The van der Waals surface area contributed by atoms with Gasteiger partial charge in [0.15, 0.2) is 0 Å². The first-order valence-corrected chi connectivity index (χ1v) is 13.0. The number of anilines is 2. The maximum Gasteiger partial charge on any atom is 0.123 e. The highest BCUT2D eigenvalue weighted by Crippen LogP contribution is 2.36. The molecule has 4 aromatic rings. The fourth-order valence-corrected chi connectivity index (χ4v) is 4.87. The minimum absolute atomic E-state index is 0.365. The Balaban J connectivity index is 1.38. The molecule has 1 fully saturated rings. The van der Waals surface area contributed by atoms with Crippen LogP contribution < -0.4 is 21.6 Å². The van der Waals surface area contributed by atoms with E-state index in [4.69, 9.17) is 11.6 Å². The van der Waals surface area contributed by atoms with Crippen molar-refractivity contribution in [1.82, 2.24) is 30.5 Å². The highest BCUT2D eigenvalue weighted by molar-refractivity contribution is 6.35. The van der Waals surface area contributed by atoms with Crippen LogP contribution in [0.15, 0.2) is 66.9 Å². The van der Waals surface area contributed by atoms with E-state index in [-0.39, 0.29) is 5.82 Å². The van der Waals surface area contributed by atoms with Crippen molar-refractivity contribution in [2.45, 2.75) is 31.3 Å². The van der Waals surface area contributed by atoms with Crippen molar-refractivity contribution >= 4 is 33.9 Å². The second kappa shape index (κ2) is 10.4. The number of nitriles is 1. The van der Waals surface area contributed by atoms with Crippen LogP contribution in [0.25, 0.3) is 10.9 Å². The van der Waals surface area contributed by atoms with Gasteiger partial charge in [-0.1, -0.05) is 23.7 Å². The molecule has 0 spiro atoms. The summed E-state index contributed by atoms with van der Waals surface area (Å²) in [7, 11) is 1.94. The zero-order valence-electron chi connectivity index (χ0n) is 22.2. The lowest BCUT2D eigenvalue weighted by Gasteiger charge is -2.22. The summed E-state index contributed by atoms with van der Waals surface area (Å²) in [6.07, 6.45) is 9.78. The Morgan fingerprint density at radius 3 is 2.82 bits per heavy atom. The molecular formula is C28H27ClFN9. The van der Waals surface area contributed by atoms with Crippen LogP contribution in [-0.2, 0) is 13.5 Å². The van der Waals surface area contributed by atoms with E-state index in [1.807, 2.05) is 35.1 Å². The van der Waals surface area contributed by atoms with E-state index in [1.165, 1.54) is 18.3 Å². The molecule has 9 nitrogen and oxygen atoms in total. The summed E-state index contributed by atoms with van der Waals surface area (Å²) >= 11 is 6.71. The molecule has 2 aromatic heterocycles. The number of hydrogen-bond donors (Lipinski definition) is 4. The summed E-state index contributed by atoms with van der Waals surface area (Å²) in [6.45, 7) is 0.533. The van der Waals surface area contributed by atoms with Gasteiger partial charge in [0.05, 0.1) is 34.9 Å². The standard InChI is InChI=1S/C28H27ClFN9/c1-38-11-10-32-25(38)8-9-33-26-18(14-31)15-34-28-22(26)12-20(13-23(28)29)35-27(17-2-4-19(30)5-3-17)24-16-39(37-36-24)21-6-7-21/h2-5,10-13,15-16,21,27,35-37H,6-9H2,1H3,(H,33,34)/i27D. The van der Waals surface area contributed by atoms with Crippen molar-refractivity contribution in [2.75, 3.05) is 17.2 Å². The van der Waals surface area contributed by atoms with E-state index >= 15 is 0 Å². The van der Waals surface area contributed by atoms with Crippen molar-refractivity contribution in [3.05, 3.63) is 94.7 Å². The smallest absolute Gasteiger partial charge is 0.123 e. The maximum atomic E-state index is 13.8. The third kappa shape index (κ3) is 5.19. The Hall–Kier alpha value is -4.33. The van der Waals surface area contributed by atoms with Crippen LogP contribution in [0.2, 0.25) is 5.02 Å². The van der Waals surface area contributed by atoms with Crippen LogP contribution >= 0.6 is 11.6 Å². The van der Waals surface area contributed by atoms with Crippen LogP contribution in [-0.4, -0.2) is 32.1 Å². The number of nitrogens with zero attached hydrogens (tertiary/aromatic N) is 5. The van der Waals surface area contributed by atoms with Gasteiger partial charge in [-0.3, -0.25) is 9.99 Å². The van der Waals surface area contributed by atoms with Gasteiger partial charge in [-0.15, -0.1) is 5.53 Å². The number of halogens is 2. The summed E-state index contributed by atoms with van der Waals surface area (Å²) in [5.74, 6) is 0.525. The van der Waals surface area contributed by atoms with Gasteiger partial charge in [-0.25, -0.2) is 9.37 Å². The average molecular weight is 545 g/mol. The van der Waals surface area contributed by atoms with Gasteiger partial charge < -0.3 is 20.6 Å². The number of pyridine rings is 1. The van der Waals surface area contributed by atoms with Gasteiger partial charge in [0, 0.05) is 61.9 Å². The van der Waals surface area contributed by atoms with E-state index in [0.29, 0.717) is 63.1 Å². The number of benzene rings is 2. The van der Waals surface area contributed by atoms with Crippen molar-refractivity contribution in [2.24, 2.45) is 7.05 Å². The third-order valence-electron chi connectivity index (χ3n) is 6.82. The summed E-state index contributed by atoms with van der Waals surface area (Å²) in [5, 5.41) is 19.5. The molecule has 2 aromatic carbocycles. The first-order chi connectivity index (χ1) is 19.4. The minimum atomic E-state index is -1.52. The Kier molecular flexibility index (Phi) is 6.36. The Morgan fingerprint density at radius 1 is 1.28 bits per heavy atom. The largest absolute Gasteiger partial charge is 0.383 e. The van der Waals surface area contributed by atoms with E-state index in [9.17, 15) is 11.0 Å². The summed E-state index contributed by atoms with van der Waals surface area (Å²) in [6, 6.07) is 10.4. The van der Waals surface area contributed by atoms with Crippen LogP contribution in [0.1, 0.15) is 37.2 Å². The number of aromatic nitrogens is 3. The fourth-order valence-electron chi connectivity index (χ4n) is 4.60. The number of hydrogen-bond acceptors (Lipinski definition) is 8. The van der Waals surface area contributed by atoms with Crippen molar-refractivity contribution in [3.8, 4) is 6.07 Å². The second-order valence-corrected chi connectivity index (χ2v) is 9.98. The number of imidazole rings is 1. The lowest BCUT2D eigenvalue weighted by atomic mass is 10.0. The fraction of sp³-hybridized carbons (Fsp3) is 0.250. The molecule has 39 heavy (non-hydrogen) atoms. The summed E-state index contributed by atoms with van der Waals surface area (Å²) in [5.41, 5.74) is 9.34. The van der Waals surface area contributed by atoms with Gasteiger partial charge in [0.2, 0.25) is 0 Å². The molecule has 0 bridgehead atoms. The number of fused-ring (bicyclic) bond motifs is 1. The number of nitrogens with one attached hydrogen (secondary N) is 4. The molecule has 1 unspecified atom stereocenters. The molecule has 1 saturated carbocycles. The van der Waals surface area contributed by atoms with E-state index in [1.54, 1.807) is 24.4 Å². The predicted octanol–water partition coefficient (Wildman–Crippen LogP) is 4.77. The molecule has 6 rings (SSSR count). The van der Waals surface area contributed by atoms with Crippen LogP contribution in [0.3, 0.4) is 0 Å². The van der Waals surface area contributed by atoms with Crippen molar-refractivity contribution < 1.29 is 5.76 Å². The van der Waals surface area contributed by atoms with Crippen molar-refractivity contribution in [3.63, 3.8) is 0 Å². The Bertz CT molecular complexity index is 1640. The molecule has 0 amide bonds. The van der Waals surface area contributed by atoms with Gasteiger partial charge in [-0.2, -0.15) is 5.26 Å². The first kappa shape index (κ1) is 23.8. The Labute approximate surface area is 231 Å². The highest BCUT2D eigenvalue weighted by atomic mass is 35.5. The molecule has 0 radical (unpaired) electrons. The minimum Gasteiger partial charge on any atom is -0.383 e. The number of hydrazine groups is 2. The van der Waals surface area contributed by atoms with Crippen LogP contribution in [0, 0.1) is 17.1 Å². The van der Waals surface area contributed by atoms with Gasteiger partial charge in [0.1, 0.15) is 17.7 Å². The zero-order valence-corrected chi connectivity index (χ0v) is 21.9. The summed E-state index contributed by atoms with van der Waals surface area (Å²) < 4.78 is 25.3. The average Bonchev–Trinajstić information content (AvgIpc) is 3.52. The molecule has 2 aliphatic rings. The zero-order chi connectivity index (χ0) is 27.9. The number of aryl methyl sites for hydroxylation is 1. The van der Waals surface area contributed by atoms with Gasteiger partial charge in [0.25, 0.3) is 0 Å². The van der Waals surface area contributed by atoms with E-state index < -0.39 is 6.02 Å². The predicted molar refractivity (Wildman–Crippen MR) is 149 cm³/mol. The molecule has 1 atom stereocenters. The molecule has 3 heterocycles. The third-order valence-corrected chi connectivity index (χ3v) is 7.10. The van der Waals surface area contributed by atoms with Gasteiger partial charge >= 0.3 is 0 Å². The lowest BCUT2D eigenvalue weighted by Crippen LogP contribution is -2.38. The van der Waals surface area contributed by atoms with Gasteiger partial charge in [-0.05, 0) is 42.7 Å². The highest BCUT2D eigenvalue weighted by Gasteiger charge is 2.32.